The van der Waals surface area contributed by atoms with Crippen LogP contribution in [0.2, 0.25) is 0 Å². The minimum Gasteiger partial charge on any atom is -0.485 e. The van der Waals surface area contributed by atoms with E-state index in [1.807, 2.05) is 41.8 Å². The van der Waals surface area contributed by atoms with E-state index in [0.29, 0.717) is 6.61 Å². The lowest BCUT2D eigenvalue weighted by Crippen LogP contribution is -2.01. The van der Waals surface area contributed by atoms with Gasteiger partial charge in [0.25, 0.3) is 0 Å². The fraction of sp³-hybridized carbons (Fsp3) is 0.188. The molecular formula is C16H15NO2S. The lowest BCUT2D eigenvalue weighted by Gasteiger charge is -2.15. The smallest absolute Gasteiger partial charge is 0.140 e. The molecule has 0 bridgehead atoms. The number of nitrogens with zero attached hydrogens (tertiary/aromatic N) is 1. The Balaban J connectivity index is 2.03. The third-order valence-corrected chi connectivity index (χ3v) is 3.94. The molecule has 1 aromatic heterocycles. The molecule has 1 heterocycles. The Morgan fingerprint density at radius 1 is 1.25 bits per heavy atom. The van der Waals surface area contributed by atoms with E-state index in [2.05, 4.69) is 4.98 Å². The average Bonchev–Trinajstić information content (AvgIpc) is 2.97. The number of ether oxygens (including phenoxy) is 1. The minimum atomic E-state index is -0.564. The molecular weight excluding hydrogens is 270 g/mol. The van der Waals surface area contributed by atoms with Gasteiger partial charge in [-0.1, -0.05) is 36.4 Å². The van der Waals surface area contributed by atoms with Gasteiger partial charge in [-0.3, -0.25) is 0 Å². The summed E-state index contributed by atoms with van der Waals surface area (Å²) in [6.45, 7) is 2.17. The van der Waals surface area contributed by atoms with E-state index in [4.69, 9.17) is 4.74 Å². The van der Waals surface area contributed by atoms with Crippen molar-refractivity contribution in [3.63, 3.8) is 0 Å². The molecule has 0 fully saturated rings. The van der Waals surface area contributed by atoms with Crippen molar-refractivity contribution >= 4 is 22.1 Å². The highest BCUT2D eigenvalue weighted by atomic mass is 32.1. The van der Waals surface area contributed by atoms with Crippen molar-refractivity contribution in [1.29, 1.82) is 0 Å². The number of benzene rings is 2. The maximum Gasteiger partial charge on any atom is 0.140 e. The molecule has 102 valence electrons. The zero-order valence-corrected chi connectivity index (χ0v) is 11.9. The largest absolute Gasteiger partial charge is 0.485 e. The molecule has 0 spiro atoms. The molecule has 2 aromatic carbocycles. The minimum absolute atomic E-state index is 0.422. The van der Waals surface area contributed by atoms with Crippen molar-refractivity contribution in [3.05, 3.63) is 58.5 Å². The van der Waals surface area contributed by atoms with Gasteiger partial charge in [0.05, 0.1) is 6.10 Å². The molecule has 0 aliphatic rings. The summed E-state index contributed by atoms with van der Waals surface area (Å²) < 4.78 is 5.94. The second kappa shape index (κ2) is 5.61. The van der Waals surface area contributed by atoms with Gasteiger partial charge >= 0.3 is 0 Å². The van der Waals surface area contributed by atoms with E-state index in [1.54, 1.807) is 24.5 Å². The van der Waals surface area contributed by atoms with Gasteiger partial charge in [-0.15, -0.1) is 11.3 Å². The van der Waals surface area contributed by atoms with Gasteiger partial charge < -0.3 is 9.84 Å². The molecule has 0 saturated carbocycles. The highest BCUT2D eigenvalue weighted by Crippen LogP contribution is 2.34. The number of aliphatic hydroxyl groups excluding tert-OH is 1. The molecule has 0 saturated heterocycles. The number of aliphatic hydroxyl groups is 1. The highest BCUT2D eigenvalue weighted by molar-refractivity contribution is 7.09. The SMILES string of the molecule is CC(O)c1ccc2ccccc2c1OCc1nccs1. The summed E-state index contributed by atoms with van der Waals surface area (Å²) in [7, 11) is 0. The predicted molar refractivity (Wildman–Crippen MR) is 81.0 cm³/mol. The molecule has 0 aliphatic carbocycles. The van der Waals surface area contributed by atoms with Gasteiger partial charge in [-0.25, -0.2) is 4.98 Å². The van der Waals surface area contributed by atoms with Gasteiger partial charge in [0.1, 0.15) is 17.4 Å². The van der Waals surface area contributed by atoms with E-state index in [1.165, 1.54) is 0 Å². The highest BCUT2D eigenvalue weighted by Gasteiger charge is 2.13. The van der Waals surface area contributed by atoms with Crippen LogP contribution in [0.5, 0.6) is 5.75 Å². The normalized spacial score (nSPS) is 12.5. The summed E-state index contributed by atoms with van der Waals surface area (Å²) in [5.74, 6) is 0.744. The second-order valence-corrected chi connectivity index (χ2v) is 5.57. The Morgan fingerprint density at radius 3 is 2.85 bits per heavy atom. The van der Waals surface area contributed by atoms with E-state index in [-0.39, 0.29) is 0 Å². The van der Waals surface area contributed by atoms with Crippen LogP contribution in [0, 0.1) is 0 Å². The van der Waals surface area contributed by atoms with Crippen LogP contribution in [0.4, 0.5) is 0 Å². The van der Waals surface area contributed by atoms with E-state index < -0.39 is 6.10 Å². The third kappa shape index (κ3) is 2.53. The van der Waals surface area contributed by atoms with Crippen LogP contribution in [0.1, 0.15) is 23.6 Å². The predicted octanol–water partition coefficient (Wildman–Crippen LogP) is 3.93. The maximum absolute atomic E-state index is 9.93. The summed E-state index contributed by atoms with van der Waals surface area (Å²) in [5.41, 5.74) is 0.806. The van der Waals surface area contributed by atoms with Crippen LogP contribution in [0.15, 0.2) is 48.0 Å². The van der Waals surface area contributed by atoms with Gasteiger partial charge in [-0.2, -0.15) is 0 Å². The summed E-state index contributed by atoms with van der Waals surface area (Å²) in [5, 5.41) is 14.9. The van der Waals surface area contributed by atoms with Crippen LogP contribution in [0.25, 0.3) is 10.8 Å². The molecule has 1 atom stereocenters. The second-order valence-electron chi connectivity index (χ2n) is 4.60. The Hall–Kier alpha value is -1.91. The van der Waals surface area contributed by atoms with Crippen LogP contribution < -0.4 is 4.74 Å². The number of thiazole rings is 1. The Bertz CT molecular complexity index is 708. The first-order valence-electron chi connectivity index (χ1n) is 6.46. The van der Waals surface area contributed by atoms with Crippen molar-refractivity contribution in [2.75, 3.05) is 0 Å². The monoisotopic (exact) mass is 285 g/mol. The number of rotatable bonds is 4. The first-order valence-corrected chi connectivity index (χ1v) is 7.34. The number of aromatic nitrogens is 1. The Labute approximate surface area is 121 Å². The lowest BCUT2D eigenvalue weighted by atomic mass is 10.0. The van der Waals surface area contributed by atoms with Crippen LogP contribution in [0.3, 0.4) is 0 Å². The average molecular weight is 285 g/mol. The van der Waals surface area contributed by atoms with Crippen molar-refractivity contribution in [3.8, 4) is 5.75 Å². The summed E-state index contributed by atoms with van der Waals surface area (Å²) in [4.78, 5) is 4.22. The zero-order chi connectivity index (χ0) is 13.9. The van der Waals surface area contributed by atoms with Crippen molar-refractivity contribution in [1.82, 2.24) is 4.98 Å². The molecule has 3 aromatic rings. The maximum atomic E-state index is 9.93. The molecule has 0 aliphatic heterocycles. The van der Waals surface area contributed by atoms with Crippen molar-refractivity contribution in [2.24, 2.45) is 0 Å². The first kappa shape index (κ1) is 13.1. The molecule has 3 nitrogen and oxygen atoms in total. The molecule has 1 N–H and O–H groups in total. The molecule has 20 heavy (non-hydrogen) atoms. The van der Waals surface area contributed by atoms with E-state index >= 15 is 0 Å². The van der Waals surface area contributed by atoms with Crippen LogP contribution in [-0.2, 0) is 6.61 Å². The van der Waals surface area contributed by atoms with Gasteiger partial charge in [0.15, 0.2) is 0 Å². The van der Waals surface area contributed by atoms with E-state index in [0.717, 1.165) is 27.1 Å². The quantitative estimate of drug-likeness (QED) is 0.789. The number of hydrogen-bond acceptors (Lipinski definition) is 4. The fourth-order valence-electron chi connectivity index (χ4n) is 2.21. The third-order valence-electron chi connectivity index (χ3n) is 3.18. The van der Waals surface area contributed by atoms with Gasteiger partial charge in [0.2, 0.25) is 0 Å². The number of fused-ring (bicyclic) bond motifs is 1. The van der Waals surface area contributed by atoms with Crippen LogP contribution >= 0.6 is 11.3 Å². The first-order chi connectivity index (χ1) is 9.75. The molecule has 4 heteroatoms. The number of hydrogen-bond donors (Lipinski definition) is 1. The summed E-state index contributed by atoms with van der Waals surface area (Å²) in [6, 6.07) is 12.0. The standard InChI is InChI=1S/C16H15NO2S/c1-11(18)13-7-6-12-4-2-3-5-14(12)16(13)19-10-15-17-8-9-20-15/h2-9,11,18H,10H2,1H3. The fourth-order valence-corrected chi connectivity index (χ4v) is 2.74. The molecule has 1 unspecified atom stereocenters. The summed E-state index contributed by atoms with van der Waals surface area (Å²) >= 11 is 1.56. The van der Waals surface area contributed by atoms with Crippen molar-refractivity contribution in [2.45, 2.75) is 19.6 Å². The van der Waals surface area contributed by atoms with Gasteiger partial charge in [-0.05, 0) is 12.3 Å². The van der Waals surface area contributed by atoms with Crippen molar-refractivity contribution < 1.29 is 9.84 Å². The van der Waals surface area contributed by atoms with Gasteiger partial charge in [0, 0.05) is 22.5 Å². The Kier molecular flexibility index (Phi) is 3.67. The molecule has 0 amide bonds. The summed E-state index contributed by atoms with van der Waals surface area (Å²) in [6.07, 6.45) is 1.20. The lowest BCUT2D eigenvalue weighted by molar-refractivity contribution is 0.191. The topological polar surface area (TPSA) is 42.4 Å². The molecule has 3 rings (SSSR count). The van der Waals surface area contributed by atoms with E-state index in [9.17, 15) is 5.11 Å². The Morgan fingerprint density at radius 2 is 2.10 bits per heavy atom. The molecule has 0 radical (unpaired) electrons. The van der Waals surface area contributed by atoms with Crippen LogP contribution in [-0.4, -0.2) is 10.1 Å². The zero-order valence-electron chi connectivity index (χ0n) is 11.1.